The third kappa shape index (κ3) is 3.87. The average Bonchev–Trinajstić information content (AvgIpc) is 3.19. The Balaban J connectivity index is 1.57. The predicted octanol–water partition coefficient (Wildman–Crippen LogP) is 3.07. The first-order valence-electron chi connectivity index (χ1n) is 9.19. The van der Waals surface area contributed by atoms with Crippen molar-refractivity contribution in [2.24, 2.45) is 0 Å². The number of nitrogens with one attached hydrogen (secondary N) is 3. The number of rotatable bonds is 5. The third-order valence-corrected chi connectivity index (χ3v) is 5.35. The van der Waals surface area contributed by atoms with Crippen LogP contribution in [0.2, 0.25) is 0 Å². The highest BCUT2D eigenvalue weighted by Crippen LogP contribution is 2.40. The Hall–Kier alpha value is -3.08. The van der Waals surface area contributed by atoms with Crippen LogP contribution >= 0.6 is 0 Å². The molecule has 2 saturated carbocycles. The summed E-state index contributed by atoms with van der Waals surface area (Å²) in [4.78, 5) is 19.5. The Morgan fingerprint density at radius 1 is 1.33 bits per heavy atom. The fraction of sp³-hybridized carbons (Fsp3) is 0.474. The Labute approximate surface area is 157 Å². The molecule has 8 heteroatoms. The Kier molecular flexibility index (Phi) is 4.22. The molecule has 2 atom stereocenters. The summed E-state index contributed by atoms with van der Waals surface area (Å²) in [6, 6.07) is 6.06. The second-order valence-corrected chi connectivity index (χ2v) is 7.75. The average molecular weight is 366 g/mol. The van der Waals surface area contributed by atoms with Crippen LogP contribution in [0.4, 0.5) is 16.2 Å². The van der Waals surface area contributed by atoms with Gasteiger partial charge in [0.15, 0.2) is 5.65 Å². The van der Waals surface area contributed by atoms with Gasteiger partial charge in [-0.3, -0.25) is 0 Å². The van der Waals surface area contributed by atoms with Gasteiger partial charge < -0.3 is 21.1 Å². The van der Waals surface area contributed by atoms with Crippen LogP contribution in [-0.4, -0.2) is 38.8 Å². The lowest BCUT2D eigenvalue weighted by molar-refractivity contribution is 0.190. The van der Waals surface area contributed by atoms with Crippen LogP contribution in [0.15, 0.2) is 18.3 Å². The van der Waals surface area contributed by atoms with Gasteiger partial charge in [0.05, 0.1) is 11.9 Å². The first-order chi connectivity index (χ1) is 12.9. The van der Waals surface area contributed by atoms with E-state index in [-0.39, 0.29) is 17.6 Å². The van der Waals surface area contributed by atoms with E-state index in [0.717, 1.165) is 48.9 Å². The summed E-state index contributed by atoms with van der Waals surface area (Å²) < 4.78 is 0. The van der Waals surface area contributed by atoms with Crippen molar-refractivity contribution in [2.45, 2.75) is 56.7 Å². The lowest BCUT2D eigenvalue weighted by atomic mass is 10.1. The number of pyridine rings is 2. The molecule has 2 heterocycles. The number of fused-ring (bicyclic) bond motifs is 1. The summed E-state index contributed by atoms with van der Waals surface area (Å²) in [7, 11) is 0. The van der Waals surface area contributed by atoms with Gasteiger partial charge in [-0.2, -0.15) is 5.26 Å². The number of nitrogens with zero attached hydrogens (tertiary/aromatic N) is 3. The molecule has 2 aliphatic carbocycles. The van der Waals surface area contributed by atoms with Crippen LogP contribution in [0.3, 0.4) is 0 Å². The van der Waals surface area contributed by atoms with E-state index >= 15 is 0 Å². The van der Waals surface area contributed by atoms with E-state index in [1.807, 2.05) is 6.07 Å². The number of hydrogen-bond donors (Lipinski definition) is 4. The second kappa shape index (κ2) is 6.58. The molecule has 0 bridgehead atoms. The van der Waals surface area contributed by atoms with E-state index in [9.17, 15) is 10.1 Å². The topological polar surface area (TPSA) is 123 Å². The van der Waals surface area contributed by atoms with Crippen molar-refractivity contribution in [2.75, 3.05) is 10.6 Å². The molecule has 4 N–H and O–H groups in total. The smallest absolute Gasteiger partial charge is 0.404 e. The normalized spacial score (nSPS) is 22.8. The molecule has 0 radical (unpaired) electrons. The molecule has 2 fully saturated rings. The van der Waals surface area contributed by atoms with Crippen LogP contribution in [0.1, 0.15) is 44.7 Å². The number of aromatic nitrogens is 2. The van der Waals surface area contributed by atoms with E-state index in [2.05, 4.69) is 38.9 Å². The maximum atomic E-state index is 10.8. The van der Waals surface area contributed by atoms with Gasteiger partial charge in [0.25, 0.3) is 0 Å². The molecule has 2 aromatic heterocycles. The molecule has 140 valence electrons. The fourth-order valence-electron chi connectivity index (χ4n) is 3.64. The van der Waals surface area contributed by atoms with Crippen molar-refractivity contribution < 1.29 is 9.90 Å². The van der Waals surface area contributed by atoms with E-state index < -0.39 is 6.09 Å². The first-order valence-corrected chi connectivity index (χ1v) is 9.19. The van der Waals surface area contributed by atoms with Crippen LogP contribution in [-0.2, 0) is 0 Å². The number of hydrogen-bond acceptors (Lipinski definition) is 6. The summed E-state index contributed by atoms with van der Waals surface area (Å²) in [5, 5.41) is 28.5. The SMILES string of the molecule is CC1(Nc2cc(C#N)nc3ncc(N[C@H]4CC[C@H](NC(=O)O)C4)cc23)CC1. The standard InChI is InChI=1S/C19H22N6O2/c1-19(4-5-19)25-16-8-13(9-20)23-17-15(16)7-14(10-21-17)22-11-2-3-12(6-11)24-18(26)27/h7-8,10-12,22,24H,2-6H2,1H3,(H,26,27)(H,21,23,25)/t11-,12-/m0/s1. The van der Waals surface area contributed by atoms with Gasteiger partial charge >= 0.3 is 6.09 Å². The summed E-state index contributed by atoms with van der Waals surface area (Å²) in [6.45, 7) is 2.16. The summed E-state index contributed by atoms with van der Waals surface area (Å²) in [5.41, 5.74) is 2.72. The highest BCUT2D eigenvalue weighted by Gasteiger charge is 2.37. The molecule has 4 rings (SSSR count). The van der Waals surface area contributed by atoms with E-state index in [4.69, 9.17) is 5.11 Å². The van der Waals surface area contributed by atoms with Gasteiger partial charge in [0.2, 0.25) is 0 Å². The van der Waals surface area contributed by atoms with Crippen LogP contribution in [0.5, 0.6) is 0 Å². The van der Waals surface area contributed by atoms with Gasteiger partial charge in [-0.05, 0) is 51.2 Å². The van der Waals surface area contributed by atoms with Crippen molar-refractivity contribution in [3.63, 3.8) is 0 Å². The van der Waals surface area contributed by atoms with Gasteiger partial charge in [0.1, 0.15) is 11.8 Å². The third-order valence-electron chi connectivity index (χ3n) is 5.35. The van der Waals surface area contributed by atoms with Gasteiger partial charge in [-0.1, -0.05) is 0 Å². The summed E-state index contributed by atoms with van der Waals surface area (Å²) in [6.07, 6.45) is 5.42. The number of carboxylic acid groups (broad SMARTS) is 1. The van der Waals surface area contributed by atoms with Crippen molar-refractivity contribution in [1.29, 1.82) is 5.26 Å². The first kappa shape index (κ1) is 17.3. The van der Waals surface area contributed by atoms with Gasteiger partial charge in [-0.25, -0.2) is 14.8 Å². The van der Waals surface area contributed by atoms with Gasteiger partial charge in [-0.15, -0.1) is 0 Å². The van der Waals surface area contributed by atoms with Crippen LogP contribution < -0.4 is 16.0 Å². The van der Waals surface area contributed by atoms with Crippen molar-refractivity contribution >= 4 is 28.5 Å². The molecule has 2 aromatic rings. The van der Waals surface area contributed by atoms with Crippen LogP contribution in [0, 0.1) is 11.3 Å². The molecule has 0 unspecified atom stereocenters. The molecule has 1 amide bonds. The van der Waals surface area contributed by atoms with Crippen LogP contribution in [0.25, 0.3) is 11.0 Å². The van der Waals surface area contributed by atoms with Crippen molar-refractivity contribution in [3.8, 4) is 6.07 Å². The quantitative estimate of drug-likeness (QED) is 0.641. The predicted molar refractivity (Wildman–Crippen MR) is 102 cm³/mol. The molecule has 27 heavy (non-hydrogen) atoms. The van der Waals surface area contributed by atoms with Crippen molar-refractivity contribution in [1.82, 2.24) is 15.3 Å². The zero-order valence-electron chi connectivity index (χ0n) is 15.1. The zero-order chi connectivity index (χ0) is 19.0. The fourth-order valence-corrected chi connectivity index (χ4v) is 3.64. The Morgan fingerprint density at radius 2 is 2.11 bits per heavy atom. The largest absolute Gasteiger partial charge is 0.465 e. The van der Waals surface area contributed by atoms with E-state index in [1.165, 1.54) is 0 Å². The van der Waals surface area contributed by atoms with Crippen molar-refractivity contribution in [3.05, 3.63) is 24.0 Å². The molecule has 0 aliphatic heterocycles. The van der Waals surface area contributed by atoms with E-state index in [0.29, 0.717) is 11.3 Å². The number of anilines is 2. The lowest BCUT2D eigenvalue weighted by Gasteiger charge is -2.18. The maximum Gasteiger partial charge on any atom is 0.404 e. The van der Waals surface area contributed by atoms with Gasteiger partial charge in [0, 0.05) is 28.7 Å². The molecular formula is C19H22N6O2. The zero-order valence-corrected chi connectivity index (χ0v) is 15.1. The van der Waals surface area contributed by atoms with E-state index in [1.54, 1.807) is 12.3 Å². The molecule has 0 saturated heterocycles. The monoisotopic (exact) mass is 366 g/mol. The summed E-state index contributed by atoms with van der Waals surface area (Å²) >= 11 is 0. The minimum atomic E-state index is -0.975. The molecule has 0 aromatic carbocycles. The minimum absolute atomic E-state index is 0.0136. The minimum Gasteiger partial charge on any atom is -0.465 e. The molecule has 8 nitrogen and oxygen atoms in total. The molecular weight excluding hydrogens is 344 g/mol. The second-order valence-electron chi connectivity index (χ2n) is 7.75. The molecule has 2 aliphatic rings. The number of carbonyl (C=O) groups is 1. The molecule has 0 spiro atoms. The maximum absolute atomic E-state index is 10.8. The Bertz CT molecular complexity index is 934. The number of amides is 1. The number of nitriles is 1. The Morgan fingerprint density at radius 3 is 2.81 bits per heavy atom. The lowest BCUT2D eigenvalue weighted by Crippen LogP contribution is -2.32. The highest BCUT2D eigenvalue weighted by atomic mass is 16.4. The summed E-state index contributed by atoms with van der Waals surface area (Å²) in [5.74, 6) is 0. The highest BCUT2D eigenvalue weighted by molar-refractivity contribution is 5.92.